The third kappa shape index (κ3) is 6.47. The Hall–Kier alpha value is -2.05. The van der Waals surface area contributed by atoms with Crippen molar-refractivity contribution in [1.29, 1.82) is 0 Å². The van der Waals surface area contributed by atoms with E-state index in [4.69, 9.17) is 11.8 Å². The lowest BCUT2D eigenvalue weighted by atomic mass is 9.99. The van der Waals surface area contributed by atoms with E-state index in [0.29, 0.717) is 0 Å². The first-order valence-electron chi connectivity index (χ1n) is 10.2. The average Bonchev–Trinajstić information content (AvgIpc) is 3.15. The Morgan fingerprint density at radius 3 is 2.48 bits per heavy atom. The van der Waals surface area contributed by atoms with Crippen LogP contribution in [0, 0.1) is 5.92 Å². The number of benzene rings is 1. The molecule has 1 saturated heterocycles. The van der Waals surface area contributed by atoms with E-state index >= 15 is 0 Å². The first kappa shape index (κ1) is 23.2. The fraction of sp³-hybridized carbons (Fsp3) is 0.545. The van der Waals surface area contributed by atoms with E-state index < -0.39 is 0 Å². The summed E-state index contributed by atoms with van der Waals surface area (Å²) in [6, 6.07) is 9.32. The second-order valence-electron chi connectivity index (χ2n) is 8.04. The van der Waals surface area contributed by atoms with E-state index in [2.05, 4.69) is 17.2 Å². The minimum Gasteiger partial charge on any atom is -0.362 e. The van der Waals surface area contributed by atoms with Gasteiger partial charge in [-0.2, -0.15) is 0 Å². The standard InChI is InChI=1S/C22H33ClN4O2/c1-15(2)21(25-20(28)14-26(5)23)17(4)27-13-9-12-19(27)22(29)24-16(3)18-10-7-6-8-11-18/h6-8,10-11,15-16,19,21H,4,9,12-14H2,1-3,5H3,(H,24,29)(H,25,28)/t16-,19-,21+/m1/s1. The molecule has 1 aromatic carbocycles. The first-order valence-corrected chi connectivity index (χ1v) is 10.5. The van der Waals surface area contributed by atoms with Gasteiger partial charge in [0.1, 0.15) is 6.04 Å². The third-order valence-electron chi connectivity index (χ3n) is 5.29. The molecule has 1 heterocycles. The fourth-order valence-corrected chi connectivity index (χ4v) is 3.86. The van der Waals surface area contributed by atoms with E-state index in [9.17, 15) is 9.59 Å². The van der Waals surface area contributed by atoms with Gasteiger partial charge in [0.15, 0.2) is 0 Å². The number of likely N-dealkylation sites (tertiary alicyclic amines) is 1. The Kier molecular flexibility index (Phi) is 8.53. The molecule has 1 aliphatic rings. The van der Waals surface area contributed by atoms with Gasteiger partial charge in [-0.15, -0.1) is 0 Å². The molecule has 29 heavy (non-hydrogen) atoms. The molecule has 1 aromatic rings. The van der Waals surface area contributed by atoms with Gasteiger partial charge >= 0.3 is 0 Å². The number of carbonyl (C=O) groups excluding carboxylic acids is 2. The van der Waals surface area contributed by atoms with Crippen LogP contribution in [0.4, 0.5) is 0 Å². The molecule has 0 bridgehead atoms. The van der Waals surface area contributed by atoms with Gasteiger partial charge < -0.3 is 15.5 Å². The second kappa shape index (κ2) is 10.6. The first-order chi connectivity index (χ1) is 13.7. The van der Waals surface area contributed by atoms with Crippen molar-refractivity contribution in [2.24, 2.45) is 5.92 Å². The molecule has 0 aromatic heterocycles. The molecule has 0 spiro atoms. The molecule has 3 atom stereocenters. The van der Waals surface area contributed by atoms with Crippen molar-refractivity contribution >= 4 is 23.6 Å². The number of hydrogen-bond acceptors (Lipinski definition) is 4. The highest BCUT2D eigenvalue weighted by atomic mass is 35.5. The number of nitrogens with one attached hydrogen (secondary N) is 2. The summed E-state index contributed by atoms with van der Waals surface area (Å²) >= 11 is 5.79. The van der Waals surface area contributed by atoms with Crippen molar-refractivity contribution in [2.45, 2.75) is 51.7 Å². The Morgan fingerprint density at radius 2 is 1.90 bits per heavy atom. The van der Waals surface area contributed by atoms with E-state index in [0.717, 1.165) is 30.6 Å². The summed E-state index contributed by atoms with van der Waals surface area (Å²) in [5.41, 5.74) is 1.84. The predicted molar refractivity (Wildman–Crippen MR) is 117 cm³/mol. The van der Waals surface area contributed by atoms with Gasteiger partial charge in [-0.25, -0.2) is 4.42 Å². The van der Waals surface area contributed by atoms with Crippen molar-refractivity contribution in [1.82, 2.24) is 20.0 Å². The zero-order valence-electron chi connectivity index (χ0n) is 17.8. The zero-order valence-corrected chi connectivity index (χ0v) is 18.6. The van der Waals surface area contributed by atoms with Gasteiger partial charge in [0.2, 0.25) is 11.8 Å². The molecule has 2 amide bonds. The van der Waals surface area contributed by atoms with Gasteiger partial charge in [0.05, 0.1) is 18.6 Å². The fourth-order valence-electron chi connectivity index (χ4n) is 3.75. The van der Waals surface area contributed by atoms with Crippen LogP contribution in [0.25, 0.3) is 0 Å². The molecule has 0 saturated carbocycles. The highest BCUT2D eigenvalue weighted by Crippen LogP contribution is 2.26. The summed E-state index contributed by atoms with van der Waals surface area (Å²) in [6.07, 6.45) is 1.69. The Morgan fingerprint density at radius 1 is 1.24 bits per heavy atom. The molecule has 0 aliphatic carbocycles. The van der Waals surface area contributed by atoms with Crippen molar-refractivity contribution < 1.29 is 9.59 Å². The van der Waals surface area contributed by atoms with E-state index in [-0.39, 0.29) is 42.4 Å². The summed E-state index contributed by atoms with van der Waals surface area (Å²) in [5.74, 6) is -0.0331. The normalized spacial score (nSPS) is 18.6. The van der Waals surface area contributed by atoms with Crippen LogP contribution in [-0.2, 0) is 9.59 Å². The van der Waals surface area contributed by atoms with Gasteiger partial charge in [-0.3, -0.25) is 9.59 Å². The maximum absolute atomic E-state index is 13.0. The molecular weight excluding hydrogens is 388 g/mol. The summed E-state index contributed by atoms with van der Waals surface area (Å²) in [6.45, 7) is 11.1. The van der Waals surface area contributed by atoms with Gasteiger partial charge in [-0.1, -0.05) is 50.8 Å². The van der Waals surface area contributed by atoms with Gasteiger partial charge in [0, 0.05) is 19.3 Å². The van der Waals surface area contributed by atoms with Crippen molar-refractivity contribution in [3.8, 4) is 0 Å². The molecule has 1 fully saturated rings. The van der Waals surface area contributed by atoms with Crippen molar-refractivity contribution in [3.63, 3.8) is 0 Å². The number of halogens is 1. The molecule has 0 unspecified atom stereocenters. The average molecular weight is 421 g/mol. The summed E-state index contributed by atoms with van der Waals surface area (Å²) < 4.78 is 1.31. The van der Waals surface area contributed by atoms with Crippen LogP contribution in [0.3, 0.4) is 0 Å². The summed E-state index contributed by atoms with van der Waals surface area (Å²) in [7, 11) is 1.63. The maximum atomic E-state index is 13.0. The van der Waals surface area contributed by atoms with E-state index in [1.807, 2.05) is 56.0 Å². The summed E-state index contributed by atoms with van der Waals surface area (Å²) in [5, 5.41) is 6.14. The minimum atomic E-state index is -0.275. The number of amides is 2. The number of carbonyl (C=O) groups is 2. The topological polar surface area (TPSA) is 64.7 Å². The zero-order chi connectivity index (χ0) is 21.6. The number of rotatable bonds is 9. The molecule has 6 nitrogen and oxygen atoms in total. The van der Waals surface area contributed by atoms with Crippen LogP contribution >= 0.6 is 11.8 Å². The Labute approximate surface area is 179 Å². The highest BCUT2D eigenvalue weighted by Gasteiger charge is 2.35. The molecule has 2 rings (SSSR count). The molecule has 1 aliphatic heterocycles. The van der Waals surface area contributed by atoms with E-state index in [1.54, 1.807) is 7.05 Å². The lowest BCUT2D eigenvalue weighted by Gasteiger charge is -2.35. The highest BCUT2D eigenvalue weighted by molar-refractivity contribution is 6.14. The van der Waals surface area contributed by atoms with Crippen LogP contribution in [0.2, 0.25) is 0 Å². The number of hydrogen-bond donors (Lipinski definition) is 2. The molecule has 2 N–H and O–H groups in total. The van der Waals surface area contributed by atoms with Crippen molar-refractivity contribution in [3.05, 3.63) is 48.2 Å². The predicted octanol–water partition coefficient (Wildman–Crippen LogP) is 3.07. The van der Waals surface area contributed by atoms with Crippen LogP contribution < -0.4 is 10.6 Å². The SMILES string of the molecule is C=C([C@@H](NC(=O)CN(C)Cl)C(C)C)N1CCC[C@@H]1C(=O)N[C@H](C)c1ccccc1. The molecule has 7 heteroatoms. The van der Waals surface area contributed by atoms with Crippen molar-refractivity contribution in [2.75, 3.05) is 20.1 Å². The van der Waals surface area contributed by atoms with Crippen LogP contribution in [0.5, 0.6) is 0 Å². The number of likely N-dealkylation sites (N-methyl/N-ethyl adjacent to an activating group) is 1. The molecule has 160 valence electrons. The van der Waals surface area contributed by atoms with Gasteiger partial charge in [-0.05, 0) is 43.0 Å². The smallest absolute Gasteiger partial charge is 0.243 e. The second-order valence-corrected chi connectivity index (χ2v) is 8.61. The van der Waals surface area contributed by atoms with Gasteiger partial charge in [0.25, 0.3) is 0 Å². The van der Waals surface area contributed by atoms with Crippen LogP contribution in [-0.4, -0.2) is 53.4 Å². The largest absolute Gasteiger partial charge is 0.362 e. The number of nitrogens with zero attached hydrogens (tertiary/aromatic N) is 2. The summed E-state index contributed by atoms with van der Waals surface area (Å²) in [4.78, 5) is 27.3. The Balaban J connectivity index is 2.05. The monoisotopic (exact) mass is 420 g/mol. The van der Waals surface area contributed by atoms with Crippen LogP contribution in [0.1, 0.15) is 45.2 Å². The quantitative estimate of drug-likeness (QED) is 0.602. The maximum Gasteiger partial charge on any atom is 0.243 e. The minimum absolute atomic E-state index is 0.00525. The van der Waals surface area contributed by atoms with E-state index in [1.165, 1.54) is 4.42 Å². The third-order valence-corrected chi connectivity index (χ3v) is 5.41. The lowest BCUT2D eigenvalue weighted by Crippen LogP contribution is -2.50. The Bertz CT molecular complexity index is 708. The lowest BCUT2D eigenvalue weighted by molar-refractivity contribution is -0.125. The molecule has 0 radical (unpaired) electrons. The molecular formula is C22H33ClN4O2. The van der Waals surface area contributed by atoms with Crippen LogP contribution in [0.15, 0.2) is 42.6 Å².